The molecule has 0 radical (unpaired) electrons. The van der Waals surface area contributed by atoms with Crippen LogP contribution in [0.25, 0.3) is 0 Å². The molecule has 98 valence electrons. The lowest BCUT2D eigenvalue weighted by Gasteiger charge is -2.11. The maximum atomic E-state index is 11.6. The molecule has 0 heterocycles. The van der Waals surface area contributed by atoms with Gasteiger partial charge < -0.3 is 10.1 Å². The molecule has 0 saturated heterocycles. The first-order chi connectivity index (χ1) is 8.54. The second kappa shape index (κ2) is 6.79. The lowest BCUT2D eigenvalue weighted by atomic mass is 10.0. The summed E-state index contributed by atoms with van der Waals surface area (Å²) in [6.07, 6.45) is 1.04. The highest BCUT2D eigenvalue weighted by Gasteiger charge is 2.15. The van der Waals surface area contributed by atoms with Crippen LogP contribution in [0.1, 0.15) is 24.5 Å². The number of ether oxygens (including phenoxy) is 1. The van der Waals surface area contributed by atoms with Gasteiger partial charge in [0, 0.05) is 6.42 Å². The molecule has 0 aliphatic carbocycles. The Morgan fingerprint density at radius 3 is 2.61 bits per heavy atom. The van der Waals surface area contributed by atoms with Gasteiger partial charge in [-0.25, -0.2) is 4.79 Å². The van der Waals surface area contributed by atoms with Crippen LogP contribution in [0.4, 0.5) is 0 Å². The Morgan fingerprint density at radius 1 is 1.33 bits per heavy atom. The SMILES string of the molecule is COC(=O)[C@H](C)NC(=O)CCc1ccccc1C. The molecule has 0 saturated carbocycles. The van der Waals surface area contributed by atoms with E-state index in [0.717, 1.165) is 5.56 Å². The summed E-state index contributed by atoms with van der Waals surface area (Å²) >= 11 is 0. The van der Waals surface area contributed by atoms with Crippen LogP contribution in [0.15, 0.2) is 24.3 Å². The van der Waals surface area contributed by atoms with Crippen molar-refractivity contribution in [3.63, 3.8) is 0 Å². The van der Waals surface area contributed by atoms with E-state index in [4.69, 9.17) is 0 Å². The first-order valence-electron chi connectivity index (χ1n) is 5.96. The smallest absolute Gasteiger partial charge is 0.328 e. The molecule has 0 aromatic heterocycles. The maximum absolute atomic E-state index is 11.6. The van der Waals surface area contributed by atoms with Gasteiger partial charge in [-0.1, -0.05) is 24.3 Å². The van der Waals surface area contributed by atoms with E-state index in [-0.39, 0.29) is 5.91 Å². The maximum Gasteiger partial charge on any atom is 0.328 e. The number of rotatable bonds is 5. The number of hydrogen-bond acceptors (Lipinski definition) is 3. The van der Waals surface area contributed by atoms with E-state index in [1.54, 1.807) is 6.92 Å². The number of aryl methyl sites for hydroxylation is 2. The lowest BCUT2D eigenvalue weighted by molar-refractivity contribution is -0.144. The predicted molar refractivity (Wildman–Crippen MR) is 69.1 cm³/mol. The van der Waals surface area contributed by atoms with Gasteiger partial charge >= 0.3 is 5.97 Å². The second-order valence-corrected chi connectivity index (χ2v) is 4.24. The van der Waals surface area contributed by atoms with Crippen LogP contribution in [0.3, 0.4) is 0 Å². The summed E-state index contributed by atoms with van der Waals surface area (Å²) in [5, 5.41) is 2.61. The largest absolute Gasteiger partial charge is 0.467 e. The highest BCUT2D eigenvalue weighted by Crippen LogP contribution is 2.09. The molecule has 0 fully saturated rings. The van der Waals surface area contributed by atoms with Gasteiger partial charge in [-0.3, -0.25) is 4.79 Å². The molecule has 0 unspecified atom stereocenters. The molecule has 1 atom stereocenters. The van der Waals surface area contributed by atoms with E-state index in [2.05, 4.69) is 10.1 Å². The minimum absolute atomic E-state index is 0.142. The normalized spacial score (nSPS) is 11.7. The topological polar surface area (TPSA) is 55.4 Å². The number of benzene rings is 1. The molecule has 1 rings (SSSR count). The Bertz CT molecular complexity index is 429. The molecule has 0 spiro atoms. The number of nitrogens with one attached hydrogen (secondary N) is 1. The Labute approximate surface area is 107 Å². The molecule has 1 amide bonds. The van der Waals surface area contributed by atoms with E-state index in [1.807, 2.05) is 31.2 Å². The fourth-order valence-corrected chi connectivity index (χ4v) is 1.69. The standard InChI is InChI=1S/C14H19NO3/c1-10-6-4-5-7-12(10)8-9-13(16)15-11(2)14(17)18-3/h4-7,11H,8-9H2,1-3H3,(H,15,16)/t11-/m0/s1. The number of carbonyl (C=O) groups excluding carboxylic acids is 2. The predicted octanol–water partition coefficient (Wildman–Crippen LogP) is 1.61. The van der Waals surface area contributed by atoms with Crippen LogP contribution < -0.4 is 5.32 Å². The monoisotopic (exact) mass is 249 g/mol. The molecule has 0 bridgehead atoms. The minimum Gasteiger partial charge on any atom is -0.467 e. The van der Waals surface area contributed by atoms with Gasteiger partial charge in [-0.05, 0) is 31.4 Å². The number of hydrogen-bond donors (Lipinski definition) is 1. The minimum atomic E-state index is -0.598. The number of methoxy groups -OCH3 is 1. The molecule has 1 aromatic carbocycles. The lowest BCUT2D eigenvalue weighted by Crippen LogP contribution is -2.39. The summed E-state index contributed by atoms with van der Waals surface area (Å²) in [5.41, 5.74) is 2.32. The first-order valence-corrected chi connectivity index (χ1v) is 5.96. The van der Waals surface area contributed by atoms with Crippen molar-refractivity contribution in [3.05, 3.63) is 35.4 Å². The zero-order chi connectivity index (χ0) is 13.5. The molecular weight excluding hydrogens is 230 g/mol. The van der Waals surface area contributed by atoms with E-state index in [0.29, 0.717) is 12.8 Å². The van der Waals surface area contributed by atoms with Gasteiger partial charge in [0.05, 0.1) is 7.11 Å². The van der Waals surface area contributed by atoms with Gasteiger partial charge in [0.1, 0.15) is 6.04 Å². The third kappa shape index (κ3) is 4.20. The molecular formula is C14H19NO3. The van der Waals surface area contributed by atoms with Crippen molar-refractivity contribution < 1.29 is 14.3 Å². The quantitative estimate of drug-likeness (QED) is 0.806. The first kappa shape index (κ1) is 14.2. The fraction of sp³-hybridized carbons (Fsp3) is 0.429. The summed E-state index contributed by atoms with van der Waals surface area (Å²) in [6, 6.07) is 7.35. The Kier molecular flexibility index (Phi) is 5.36. The third-order valence-electron chi connectivity index (χ3n) is 2.81. The molecule has 4 nitrogen and oxygen atoms in total. The van der Waals surface area contributed by atoms with Crippen molar-refractivity contribution >= 4 is 11.9 Å². The molecule has 0 aliphatic rings. The highest BCUT2D eigenvalue weighted by atomic mass is 16.5. The Morgan fingerprint density at radius 2 is 2.00 bits per heavy atom. The van der Waals surface area contributed by atoms with Gasteiger partial charge in [0.15, 0.2) is 0 Å². The molecule has 18 heavy (non-hydrogen) atoms. The van der Waals surface area contributed by atoms with Crippen LogP contribution in [0.2, 0.25) is 0 Å². The van der Waals surface area contributed by atoms with Crippen LogP contribution in [-0.2, 0) is 20.7 Å². The van der Waals surface area contributed by atoms with Crippen molar-refractivity contribution in [1.82, 2.24) is 5.32 Å². The summed E-state index contributed by atoms with van der Waals surface area (Å²) < 4.78 is 4.54. The summed E-state index contributed by atoms with van der Waals surface area (Å²) in [7, 11) is 1.30. The van der Waals surface area contributed by atoms with Crippen LogP contribution in [-0.4, -0.2) is 25.0 Å². The molecule has 1 aromatic rings. The molecule has 1 N–H and O–H groups in total. The Balaban J connectivity index is 2.43. The third-order valence-corrected chi connectivity index (χ3v) is 2.81. The van der Waals surface area contributed by atoms with Gasteiger partial charge in [0.25, 0.3) is 0 Å². The second-order valence-electron chi connectivity index (χ2n) is 4.24. The molecule has 4 heteroatoms. The van der Waals surface area contributed by atoms with Crippen molar-refractivity contribution in [2.75, 3.05) is 7.11 Å². The Hall–Kier alpha value is -1.84. The zero-order valence-corrected chi connectivity index (χ0v) is 11.0. The average Bonchev–Trinajstić information content (AvgIpc) is 2.36. The van der Waals surface area contributed by atoms with Gasteiger partial charge in [-0.15, -0.1) is 0 Å². The van der Waals surface area contributed by atoms with Crippen LogP contribution in [0.5, 0.6) is 0 Å². The molecule has 0 aliphatic heterocycles. The zero-order valence-electron chi connectivity index (χ0n) is 11.0. The van der Waals surface area contributed by atoms with Crippen LogP contribution >= 0.6 is 0 Å². The number of amides is 1. The van der Waals surface area contributed by atoms with Crippen molar-refractivity contribution in [1.29, 1.82) is 0 Å². The van der Waals surface area contributed by atoms with Crippen LogP contribution in [0, 0.1) is 6.92 Å². The van der Waals surface area contributed by atoms with Crippen molar-refractivity contribution in [2.24, 2.45) is 0 Å². The summed E-state index contributed by atoms with van der Waals surface area (Å²) in [6.45, 7) is 3.63. The summed E-state index contributed by atoms with van der Waals surface area (Å²) in [5.74, 6) is -0.574. The van der Waals surface area contributed by atoms with Gasteiger partial charge in [0.2, 0.25) is 5.91 Å². The van der Waals surface area contributed by atoms with E-state index >= 15 is 0 Å². The summed E-state index contributed by atoms with van der Waals surface area (Å²) in [4.78, 5) is 22.8. The van der Waals surface area contributed by atoms with Gasteiger partial charge in [-0.2, -0.15) is 0 Å². The highest BCUT2D eigenvalue weighted by molar-refractivity contribution is 5.84. The van der Waals surface area contributed by atoms with E-state index < -0.39 is 12.0 Å². The van der Waals surface area contributed by atoms with Crippen molar-refractivity contribution in [2.45, 2.75) is 32.7 Å². The fourth-order valence-electron chi connectivity index (χ4n) is 1.69. The van der Waals surface area contributed by atoms with E-state index in [1.165, 1.54) is 12.7 Å². The average molecular weight is 249 g/mol. The number of esters is 1. The van der Waals surface area contributed by atoms with E-state index in [9.17, 15) is 9.59 Å². The van der Waals surface area contributed by atoms with Crippen molar-refractivity contribution in [3.8, 4) is 0 Å². The number of carbonyl (C=O) groups is 2.